The molecule has 0 fully saturated rings. The summed E-state index contributed by atoms with van der Waals surface area (Å²) >= 11 is 1.64. The Bertz CT molecular complexity index is 605. The van der Waals surface area contributed by atoms with E-state index < -0.39 is 0 Å². The highest BCUT2D eigenvalue weighted by Gasteiger charge is 2.17. The van der Waals surface area contributed by atoms with Crippen molar-refractivity contribution in [3.63, 3.8) is 0 Å². The van der Waals surface area contributed by atoms with Crippen molar-refractivity contribution in [3.8, 4) is 11.5 Å². The number of Topliss-reactive ketones (excluding diaryl/α,β-unsaturated/α-hetero) is 1. The maximum atomic E-state index is 11.3. The average molecular weight is 242 g/mol. The van der Waals surface area contributed by atoms with Crippen molar-refractivity contribution < 1.29 is 9.53 Å². The van der Waals surface area contributed by atoms with E-state index in [-0.39, 0.29) is 5.78 Å². The fourth-order valence-electron chi connectivity index (χ4n) is 1.75. The van der Waals surface area contributed by atoms with E-state index in [1.54, 1.807) is 24.8 Å². The standard InChI is InChI=1S/C14H10O2S/c1-9(15)10-6-7-12-14(8-10)17-13-5-3-2-4-11(13)16-12/h2-8H,1H3. The van der Waals surface area contributed by atoms with Gasteiger partial charge in [0.25, 0.3) is 0 Å². The predicted molar refractivity (Wildman–Crippen MR) is 67.1 cm³/mol. The number of fused-ring (bicyclic) bond motifs is 2. The minimum Gasteiger partial charge on any atom is -0.455 e. The molecule has 3 rings (SSSR count). The highest BCUT2D eigenvalue weighted by molar-refractivity contribution is 7.99. The molecule has 2 nitrogen and oxygen atoms in total. The second-order valence-corrected chi connectivity index (χ2v) is 4.95. The number of benzene rings is 2. The van der Waals surface area contributed by atoms with Crippen molar-refractivity contribution in [3.05, 3.63) is 48.0 Å². The molecule has 2 aromatic carbocycles. The van der Waals surface area contributed by atoms with Gasteiger partial charge in [-0.3, -0.25) is 4.79 Å². The predicted octanol–water partition coefficient (Wildman–Crippen LogP) is 4.15. The molecule has 1 aliphatic heterocycles. The number of carbonyl (C=O) groups excluding carboxylic acids is 1. The number of rotatable bonds is 1. The van der Waals surface area contributed by atoms with Crippen molar-refractivity contribution in [1.82, 2.24) is 0 Å². The van der Waals surface area contributed by atoms with E-state index >= 15 is 0 Å². The summed E-state index contributed by atoms with van der Waals surface area (Å²) in [5.74, 6) is 1.77. The van der Waals surface area contributed by atoms with Crippen LogP contribution in [0.3, 0.4) is 0 Å². The average Bonchev–Trinajstić information content (AvgIpc) is 2.35. The van der Waals surface area contributed by atoms with Gasteiger partial charge in [0.05, 0.1) is 9.79 Å². The molecule has 1 aliphatic rings. The van der Waals surface area contributed by atoms with Gasteiger partial charge in [-0.05, 0) is 37.3 Å². The van der Waals surface area contributed by atoms with E-state index in [2.05, 4.69) is 0 Å². The summed E-state index contributed by atoms with van der Waals surface area (Å²) in [6, 6.07) is 13.4. The van der Waals surface area contributed by atoms with Crippen LogP contribution in [0.2, 0.25) is 0 Å². The number of hydrogen-bond acceptors (Lipinski definition) is 3. The minimum absolute atomic E-state index is 0.0762. The van der Waals surface area contributed by atoms with Crippen molar-refractivity contribution in [1.29, 1.82) is 0 Å². The van der Waals surface area contributed by atoms with E-state index in [4.69, 9.17) is 4.74 Å². The third kappa shape index (κ3) is 1.83. The van der Waals surface area contributed by atoms with E-state index in [0.29, 0.717) is 0 Å². The maximum absolute atomic E-state index is 11.3. The Kier molecular flexibility index (Phi) is 2.41. The van der Waals surface area contributed by atoms with Crippen LogP contribution in [0.4, 0.5) is 0 Å². The number of ether oxygens (including phenoxy) is 1. The zero-order valence-corrected chi connectivity index (χ0v) is 10.1. The monoisotopic (exact) mass is 242 g/mol. The lowest BCUT2D eigenvalue weighted by atomic mass is 10.1. The van der Waals surface area contributed by atoms with Gasteiger partial charge in [0.1, 0.15) is 11.5 Å². The highest BCUT2D eigenvalue weighted by Crippen LogP contribution is 2.46. The first-order valence-corrected chi connectivity index (χ1v) is 6.15. The SMILES string of the molecule is CC(=O)c1ccc2c(c1)Sc1ccccc1O2. The number of para-hydroxylation sites is 1. The first kappa shape index (κ1) is 10.4. The van der Waals surface area contributed by atoms with E-state index in [1.165, 1.54) is 0 Å². The molecule has 2 aromatic rings. The van der Waals surface area contributed by atoms with Gasteiger partial charge in [0.2, 0.25) is 0 Å². The van der Waals surface area contributed by atoms with Crippen molar-refractivity contribution in [2.45, 2.75) is 16.7 Å². The summed E-state index contributed by atoms with van der Waals surface area (Å²) in [6.45, 7) is 1.57. The van der Waals surface area contributed by atoms with Gasteiger partial charge in [-0.25, -0.2) is 0 Å². The van der Waals surface area contributed by atoms with Crippen LogP contribution in [0.5, 0.6) is 11.5 Å². The smallest absolute Gasteiger partial charge is 0.159 e. The number of ketones is 1. The first-order valence-electron chi connectivity index (χ1n) is 5.34. The lowest BCUT2D eigenvalue weighted by Gasteiger charge is -2.19. The molecule has 1 heterocycles. The third-order valence-corrected chi connectivity index (χ3v) is 3.74. The van der Waals surface area contributed by atoms with Gasteiger partial charge in [-0.15, -0.1) is 0 Å². The van der Waals surface area contributed by atoms with Crippen LogP contribution in [0.15, 0.2) is 52.3 Å². The van der Waals surface area contributed by atoms with Gasteiger partial charge in [-0.1, -0.05) is 23.9 Å². The number of carbonyl (C=O) groups is 1. The first-order chi connectivity index (χ1) is 8.24. The summed E-state index contributed by atoms with van der Waals surface area (Å²) < 4.78 is 5.78. The minimum atomic E-state index is 0.0762. The van der Waals surface area contributed by atoms with E-state index in [9.17, 15) is 4.79 Å². The Morgan fingerprint density at radius 1 is 1.06 bits per heavy atom. The Morgan fingerprint density at radius 2 is 1.82 bits per heavy atom. The molecule has 0 spiro atoms. The molecule has 0 saturated carbocycles. The van der Waals surface area contributed by atoms with E-state index in [0.717, 1.165) is 26.9 Å². The molecular formula is C14H10O2S. The van der Waals surface area contributed by atoms with Crippen LogP contribution < -0.4 is 4.74 Å². The van der Waals surface area contributed by atoms with Crippen LogP contribution in [0.1, 0.15) is 17.3 Å². The van der Waals surface area contributed by atoms with Gasteiger partial charge < -0.3 is 4.74 Å². The molecule has 0 unspecified atom stereocenters. The molecule has 0 bridgehead atoms. The molecule has 3 heteroatoms. The zero-order chi connectivity index (χ0) is 11.8. The van der Waals surface area contributed by atoms with Gasteiger partial charge in [0, 0.05) is 5.56 Å². The summed E-state index contributed by atoms with van der Waals surface area (Å²) in [6.07, 6.45) is 0. The number of hydrogen-bond donors (Lipinski definition) is 0. The molecule has 0 N–H and O–H groups in total. The van der Waals surface area contributed by atoms with Crippen molar-refractivity contribution in [2.75, 3.05) is 0 Å². The Labute approximate surface area is 104 Å². The van der Waals surface area contributed by atoms with Crippen LogP contribution in [-0.2, 0) is 0 Å². The van der Waals surface area contributed by atoms with Crippen LogP contribution in [-0.4, -0.2) is 5.78 Å². The van der Waals surface area contributed by atoms with Crippen LogP contribution in [0, 0.1) is 0 Å². The molecule has 0 aliphatic carbocycles. The molecule has 17 heavy (non-hydrogen) atoms. The van der Waals surface area contributed by atoms with Crippen molar-refractivity contribution in [2.24, 2.45) is 0 Å². The summed E-state index contributed by atoms with van der Waals surface area (Å²) in [5, 5.41) is 0. The zero-order valence-electron chi connectivity index (χ0n) is 9.27. The molecule has 0 amide bonds. The molecule has 0 atom stereocenters. The Hall–Kier alpha value is -1.74. The molecular weight excluding hydrogens is 232 g/mol. The Morgan fingerprint density at radius 3 is 2.65 bits per heavy atom. The Balaban J connectivity index is 2.06. The fraction of sp³-hybridized carbons (Fsp3) is 0.0714. The summed E-state index contributed by atoms with van der Waals surface area (Å²) in [5.41, 5.74) is 0.722. The fourth-order valence-corrected chi connectivity index (χ4v) is 2.74. The van der Waals surface area contributed by atoms with Gasteiger partial charge in [0.15, 0.2) is 5.78 Å². The second kappa shape index (κ2) is 3.93. The molecule has 0 aromatic heterocycles. The normalized spacial score (nSPS) is 12.3. The van der Waals surface area contributed by atoms with E-state index in [1.807, 2.05) is 36.4 Å². The summed E-state index contributed by atoms with van der Waals surface area (Å²) in [4.78, 5) is 13.4. The quantitative estimate of drug-likeness (QED) is 0.600. The largest absolute Gasteiger partial charge is 0.455 e. The topological polar surface area (TPSA) is 26.3 Å². The highest BCUT2D eigenvalue weighted by atomic mass is 32.2. The third-order valence-electron chi connectivity index (χ3n) is 2.64. The molecule has 0 saturated heterocycles. The molecule has 0 radical (unpaired) electrons. The van der Waals surface area contributed by atoms with Crippen LogP contribution in [0.25, 0.3) is 0 Å². The van der Waals surface area contributed by atoms with Crippen molar-refractivity contribution >= 4 is 17.5 Å². The lowest BCUT2D eigenvalue weighted by molar-refractivity contribution is 0.101. The van der Waals surface area contributed by atoms with Crippen LogP contribution >= 0.6 is 11.8 Å². The molecule has 84 valence electrons. The summed E-state index contributed by atoms with van der Waals surface area (Å²) in [7, 11) is 0. The van der Waals surface area contributed by atoms with Gasteiger partial charge in [-0.2, -0.15) is 0 Å². The van der Waals surface area contributed by atoms with Gasteiger partial charge >= 0.3 is 0 Å². The second-order valence-electron chi connectivity index (χ2n) is 3.87. The maximum Gasteiger partial charge on any atom is 0.159 e. The lowest BCUT2D eigenvalue weighted by Crippen LogP contribution is -1.98.